The third-order valence-electron chi connectivity index (χ3n) is 1.81. The molecule has 0 atom stereocenters. The molecule has 0 amide bonds. The fourth-order valence-electron chi connectivity index (χ4n) is 1.23. The Hall–Kier alpha value is -1.26. The van der Waals surface area contributed by atoms with Crippen LogP contribution >= 0.6 is 0 Å². The summed E-state index contributed by atoms with van der Waals surface area (Å²) >= 11 is 0. The fraction of sp³-hybridized carbons (Fsp3) is 0.250. The molecule has 0 unspecified atom stereocenters. The largest absolute Gasteiger partial charge is 0.116 e. The zero-order valence-corrected chi connectivity index (χ0v) is 7.89. The van der Waals surface area contributed by atoms with E-state index in [0.717, 1.165) is 0 Å². The first-order chi connectivity index (χ1) is 5.88. The van der Waals surface area contributed by atoms with E-state index in [-0.39, 0.29) is 0 Å². The third kappa shape index (κ3) is 1.49. The molecule has 62 valence electrons. The van der Waals surface area contributed by atoms with E-state index in [4.69, 9.17) is 0 Å². The minimum Gasteiger partial charge on any atom is -0.116 e. The molecule has 1 aliphatic rings. The van der Waals surface area contributed by atoms with Crippen molar-refractivity contribution in [3.63, 3.8) is 0 Å². The van der Waals surface area contributed by atoms with Crippen molar-refractivity contribution in [1.29, 1.82) is 0 Å². The van der Waals surface area contributed by atoms with Crippen LogP contribution in [0.3, 0.4) is 0 Å². The SMILES string of the molecule is CC.CC1=C=Cc2ccccc21. The fourth-order valence-corrected chi connectivity index (χ4v) is 1.23. The molecular weight excluding hydrogens is 144 g/mol. The van der Waals surface area contributed by atoms with Crippen LogP contribution in [0, 0.1) is 0 Å². The minimum absolute atomic E-state index is 1.25. The highest BCUT2D eigenvalue weighted by Gasteiger charge is 2.03. The second kappa shape index (κ2) is 3.94. The van der Waals surface area contributed by atoms with Gasteiger partial charge in [0.25, 0.3) is 0 Å². The summed E-state index contributed by atoms with van der Waals surface area (Å²) in [6.07, 6.45) is 2.03. The van der Waals surface area contributed by atoms with Crippen molar-refractivity contribution in [2.75, 3.05) is 0 Å². The zero-order valence-electron chi connectivity index (χ0n) is 7.89. The van der Waals surface area contributed by atoms with E-state index in [2.05, 4.69) is 36.9 Å². The highest BCUT2D eigenvalue weighted by atomic mass is 14.1. The molecule has 0 heterocycles. The van der Waals surface area contributed by atoms with Gasteiger partial charge in [0.15, 0.2) is 0 Å². The molecule has 0 N–H and O–H groups in total. The molecule has 0 heteroatoms. The molecule has 0 saturated carbocycles. The maximum atomic E-state index is 3.18. The molecular formula is C12H14. The molecule has 2 rings (SSSR count). The minimum atomic E-state index is 1.25. The average Bonchev–Trinajstić information content (AvgIpc) is 2.53. The second-order valence-electron chi connectivity index (χ2n) is 2.50. The van der Waals surface area contributed by atoms with Gasteiger partial charge in [-0.25, -0.2) is 0 Å². The molecule has 0 spiro atoms. The van der Waals surface area contributed by atoms with Crippen molar-refractivity contribution < 1.29 is 0 Å². The van der Waals surface area contributed by atoms with Crippen LogP contribution in [0.2, 0.25) is 0 Å². The topological polar surface area (TPSA) is 0 Å². The number of benzene rings is 1. The van der Waals surface area contributed by atoms with Crippen LogP contribution < -0.4 is 0 Å². The van der Waals surface area contributed by atoms with Crippen LogP contribution in [0.15, 0.2) is 30.0 Å². The molecule has 0 bridgehead atoms. The van der Waals surface area contributed by atoms with E-state index in [1.165, 1.54) is 16.7 Å². The van der Waals surface area contributed by atoms with Crippen LogP contribution in [0.4, 0.5) is 0 Å². The predicted octanol–water partition coefficient (Wildman–Crippen LogP) is 3.74. The summed E-state index contributed by atoms with van der Waals surface area (Å²) in [6, 6.07) is 8.35. The normalized spacial score (nSPS) is 11.4. The molecule has 1 aromatic rings. The maximum Gasteiger partial charge on any atom is -0.00125 e. The third-order valence-corrected chi connectivity index (χ3v) is 1.81. The first-order valence-corrected chi connectivity index (χ1v) is 4.40. The van der Waals surface area contributed by atoms with Gasteiger partial charge in [0, 0.05) is 0 Å². The molecule has 0 aromatic heterocycles. The molecule has 1 aliphatic carbocycles. The predicted molar refractivity (Wildman–Crippen MR) is 54.8 cm³/mol. The number of fused-ring (bicyclic) bond motifs is 1. The summed E-state index contributed by atoms with van der Waals surface area (Å²) in [7, 11) is 0. The summed E-state index contributed by atoms with van der Waals surface area (Å²) in [6.45, 7) is 6.09. The van der Waals surface area contributed by atoms with E-state index >= 15 is 0 Å². The molecule has 0 nitrogen and oxygen atoms in total. The van der Waals surface area contributed by atoms with Gasteiger partial charge in [0.1, 0.15) is 0 Å². The van der Waals surface area contributed by atoms with E-state index in [9.17, 15) is 0 Å². The molecule has 0 radical (unpaired) electrons. The first-order valence-electron chi connectivity index (χ1n) is 4.40. The first kappa shape index (κ1) is 8.83. The lowest BCUT2D eigenvalue weighted by Crippen LogP contribution is -1.77. The lowest BCUT2D eigenvalue weighted by atomic mass is 10.1. The van der Waals surface area contributed by atoms with Gasteiger partial charge in [-0.2, -0.15) is 0 Å². The van der Waals surface area contributed by atoms with Crippen LogP contribution in [-0.2, 0) is 0 Å². The van der Waals surface area contributed by atoms with E-state index in [1.807, 2.05) is 19.9 Å². The van der Waals surface area contributed by atoms with Gasteiger partial charge in [-0.05, 0) is 29.7 Å². The average molecular weight is 158 g/mol. The smallest absolute Gasteiger partial charge is 0.00125 e. The van der Waals surface area contributed by atoms with Crippen LogP contribution in [-0.4, -0.2) is 0 Å². The van der Waals surface area contributed by atoms with Gasteiger partial charge in [-0.15, -0.1) is 5.73 Å². The van der Waals surface area contributed by atoms with Crippen LogP contribution in [0.1, 0.15) is 31.9 Å². The summed E-state index contributed by atoms with van der Waals surface area (Å²) < 4.78 is 0. The van der Waals surface area contributed by atoms with Crippen molar-refractivity contribution in [3.8, 4) is 0 Å². The summed E-state index contributed by atoms with van der Waals surface area (Å²) in [5, 5.41) is 0. The molecule has 0 fully saturated rings. The van der Waals surface area contributed by atoms with E-state index in [0.29, 0.717) is 0 Å². The maximum absolute atomic E-state index is 3.18. The Morgan fingerprint density at radius 3 is 2.42 bits per heavy atom. The molecule has 1 aromatic carbocycles. The molecule has 0 aliphatic heterocycles. The van der Waals surface area contributed by atoms with Crippen LogP contribution in [0.25, 0.3) is 11.6 Å². The van der Waals surface area contributed by atoms with Gasteiger partial charge < -0.3 is 0 Å². The quantitative estimate of drug-likeness (QED) is 0.504. The van der Waals surface area contributed by atoms with Gasteiger partial charge in [0.2, 0.25) is 0 Å². The summed E-state index contributed by atoms with van der Waals surface area (Å²) in [5.41, 5.74) is 7.04. The molecule has 0 saturated heterocycles. The van der Waals surface area contributed by atoms with Crippen molar-refractivity contribution in [3.05, 3.63) is 41.1 Å². The Morgan fingerprint density at radius 1 is 1.08 bits per heavy atom. The lowest BCUT2D eigenvalue weighted by molar-refractivity contribution is 1.50. The van der Waals surface area contributed by atoms with Gasteiger partial charge in [-0.1, -0.05) is 38.1 Å². The zero-order chi connectivity index (χ0) is 8.97. The second-order valence-corrected chi connectivity index (χ2v) is 2.50. The van der Waals surface area contributed by atoms with Crippen molar-refractivity contribution in [2.24, 2.45) is 0 Å². The Morgan fingerprint density at radius 2 is 1.75 bits per heavy atom. The standard InChI is InChI=1S/C10H8.C2H6/c1-8-6-7-9-4-2-3-5-10(8)9;1-2/h2-5,7H,1H3;1-2H3. The van der Waals surface area contributed by atoms with Gasteiger partial charge in [-0.3, -0.25) is 0 Å². The van der Waals surface area contributed by atoms with E-state index < -0.39 is 0 Å². The van der Waals surface area contributed by atoms with Crippen molar-refractivity contribution >= 4 is 11.6 Å². The van der Waals surface area contributed by atoms with E-state index in [1.54, 1.807) is 0 Å². The number of hydrogen-bond donors (Lipinski definition) is 0. The Balaban J connectivity index is 0.000000336. The summed E-state index contributed by atoms with van der Waals surface area (Å²) in [4.78, 5) is 0. The lowest BCUT2D eigenvalue weighted by Gasteiger charge is -1.96. The van der Waals surface area contributed by atoms with Crippen molar-refractivity contribution in [1.82, 2.24) is 0 Å². The monoisotopic (exact) mass is 158 g/mol. The van der Waals surface area contributed by atoms with Crippen LogP contribution in [0.5, 0.6) is 0 Å². The number of allylic oxidation sites excluding steroid dienone is 1. The highest BCUT2D eigenvalue weighted by molar-refractivity contribution is 5.80. The Labute approximate surface area is 74.2 Å². The number of hydrogen-bond acceptors (Lipinski definition) is 0. The highest BCUT2D eigenvalue weighted by Crippen LogP contribution is 2.23. The van der Waals surface area contributed by atoms with Crippen molar-refractivity contribution in [2.45, 2.75) is 20.8 Å². The van der Waals surface area contributed by atoms with Gasteiger partial charge in [0.05, 0.1) is 0 Å². The molecule has 12 heavy (non-hydrogen) atoms. The van der Waals surface area contributed by atoms with Gasteiger partial charge >= 0.3 is 0 Å². The Bertz CT molecular complexity index is 326. The summed E-state index contributed by atoms with van der Waals surface area (Å²) in [5.74, 6) is 0. The Kier molecular flexibility index (Phi) is 2.90. The number of rotatable bonds is 0.